The molecular formula is C20H34O7Si. The van der Waals surface area contributed by atoms with Gasteiger partial charge in [-0.1, -0.05) is 19.6 Å². The lowest BCUT2D eigenvalue weighted by Gasteiger charge is -2.49. The van der Waals surface area contributed by atoms with E-state index in [0.29, 0.717) is 25.7 Å². The Labute approximate surface area is 168 Å². The number of hydrogen-bond acceptors (Lipinski definition) is 7. The van der Waals surface area contributed by atoms with Crippen molar-refractivity contribution in [3.63, 3.8) is 0 Å². The Morgan fingerprint density at radius 1 is 1.07 bits per heavy atom. The average Bonchev–Trinajstić information content (AvgIpc) is 2.71. The summed E-state index contributed by atoms with van der Waals surface area (Å²) < 4.78 is 29.9. The Morgan fingerprint density at radius 2 is 1.75 bits per heavy atom. The largest absolute Gasteiger partial charge is 0.508 e. The van der Waals surface area contributed by atoms with Crippen molar-refractivity contribution in [1.82, 2.24) is 0 Å². The van der Waals surface area contributed by atoms with Crippen LogP contribution in [0.5, 0.6) is 0 Å². The lowest BCUT2D eigenvalue weighted by atomic mass is 9.89. The van der Waals surface area contributed by atoms with Gasteiger partial charge < -0.3 is 23.7 Å². The lowest BCUT2D eigenvalue weighted by molar-refractivity contribution is -0.221. The highest BCUT2D eigenvalue weighted by atomic mass is 28.3. The van der Waals surface area contributed by atoms with Crippen LogP contribution in [0, 0.1) is 0 Å². The maximum absolute atomic E-state index is 12.0. The first kappa shape index (κ1) is 21.6. The van der Waals surface area contributed by atoms with E-state index in [1.807, 2.05) is 13.8 Å². The minimum absolute atomic E-state index is 0.194. The molecule has 0 spiro atoms. The number of hydrogen-bond donors (Lipinski definition) is 0. The van der Waals surface area contributed by atoms with Gasteiger partial charge in [-0.25, -0.2) is 4.79 Å². The van der Waals surface area contributed by atoms with E-state index in [0.717, 1.165) is 0 Å². The minimum Gasteiger partial charge on any atom is -0.460 e. The maximum Gasteiger partial charge on any atom is 0.508 e. The van der Waals surface area contributed by atoms with E-state index in [1.165, 1.54) is 6.92 Å². The highest BCUT2D eigenvalue weighted by Gasteiger charge is 2.62. The predicted octanol–water partition coefficient (Wildman–Crippen LogP) is 3.60. The van der Waals surface area contributed by atoms with Crippen molar-refractivity contribution in [3.05, 3.63) is 0 Å². The summed E-state index contributed by atoms with van der Waals surface area (Å²) in [6, 6.07) is 0. The normalized spacial score (nSPS) is 40.7. The van der Waals surface area contributed by atoms with Gasteiger partial charge in [0, 0.05) is 6.92 Å². The molecule has 0 amide bonds. The SMILES string of the molecule is CC(=O)O[C@@H]1CC[C@]2(C)O[C@@H]3COC(=O)O[C@@]3([Si](C)(C)C)CC[C@H]2OC1(C)C. The Bertz CT molecular complexity index is 643. The number of fused-ring (bicyclic) bond motifs is 2. The number of ether oxygens (including phenoxy) is 5. The van der Waals surface area contributed by atoms with Crippen LogP contribution >= 0.6 is 0 Å². The molecule has 3 heterocycles. The maximum atomic E-state index is 12.0. The minimum atomic E-state index is -1.97. The van der Waals surface area contributed by atoms with Crippen LogP contribution in [0.4, 0.5) is 4.79 Å². The van der Waals surface area contributed by atoms with Crippen molar-refractivity contribution in [1.29, 1.82) is 0 Å². The van der Waals surface area contributed by atoms with Gasteiger partial charge in [-0.2, -0.15) is 0 Å². The molecule has 0 radical (unpaired) electrons. The third-order valence-electron chi connectivity index (χ3n) is 6.71. The predicted molar refractivity (Wildman–Crippen MR) is 105 cm³/mol. The van der Waals surface area contributed by atoms with Gasteiger partial charge in [0.1, 0.15) is 32.1 Å². The summed E-state index contributed by atoms with van der Waals surface area (Å²) in [6.45, 7) is 14.2. The second kappa shape index (κ2) is 6.99. The van der Waals surface area contributed by atoms with E-state index in [-0.39, 0.29) is 30.9 Å². The molecule has 0 aliphatic carbocycles. The van der Waals surface area contributed by atoms with E-state index in [1.54, 1.807) is 0 Å². The van der Waals surface area contributed by atoms with E-state index < -0.39 is 30.7 Å². The molecule has 0 N–H and O–H groups in total. The number of rotatable bonds is 2. The number of cyclic esters (lactones) is 1. The zero-order valence-corrected chi connectivity index (χ0v) is 19.1. The molecule has 3 aliphatic rings. The van der Waals surface area contributed by atoms with Crippen LogP contribution in [-0.4, -0.2) is 61.5 Å². The molecule has 3 saturated heterocycles. The van der Waals surface area contributed by atoms with Crippen LogP contribution in [0.25, 0.3) is 0 Å². The zero-order chi connectivity index (χ0) is 21.0. The molecule has 3 fully saturated rings. The van der Waals surface area contributed by atoms with Gasteiger partial charge in [0.05, 0.1) is 17.3 Å². The van der Waals surface area contributed by atoms with Crippen LogP contribution in [0.1, 0.15) is 53.4 Å². The molecule has 28 heavy (non-hydrogen) atoms. The van der Waals surface area contributed by atoms with E-state index in [9.17, 15) is 9.59 Å². The molecule has 5 atom stereocenters. The third kappa shape index (κ3) is 3.70. The molecule has 7 nitrogen and oxygen atoms in total. The average molecular weight is 415 g/mol. The second-order valence-corrected chi connectivity index (χ2v) is 15.5. The van der Waals surface area contributed by atoms with Gasteiger partial charge >= 0.3 is 12.1 Å². The molecule has 0 saturated carbocycles. The summed E-state index contributed by atoms with van der Waals surface area (Å²) in [5.41, 5.74) is -1.21. The molecule has 0 aromatic rings. The Hall–Kier alpha value is -1.12. The highest BCUT2D eigenvalue weighted by molar-refractivity contribution is 6.79. The highest BCUT2D eigenvalue weighted by Crippen LogP contribution is 2.48. The molecule has 0 aromatic heterocycles. The zero-order valence-electron chi connectivity index (χ0n) is 18.1. The fourth-order valence-electron chi connectivity index (χ4n) is 4.94. The topological polar surface area (TPSA) is 80.3 Å². The van der Waals surface area contributed by atoms with Crippen LogP contribution in [0.2, 0.25) is 19.6 Å². The quantitative estimate of drug-likeness (QED) is 0.504. The first-order valence-electron chi connectivity index (χ1n) is 10.2. The summed E-state index contributed by atoms with van der Waals surface area (Å²) in [5.74, 6) is -0.305. The van der Waals surface area contributed by atoms with Gasteiger partial charge in [0.2, 0.25) is 0 Å². The van der Waals surface area contributed by atoms with Crippen molar-refractivity contribution in [3.8, 4) is 0 Å². The molecule has 3 aliphatic heterocycles. The Morgan fingerprint density at radius 3 is 2.36 bits per heavy atom. The fourth-order valence-corrected chi connectivity index (χ4v) is 7.33. The van der Waals surface area contributed by atoms with E-state index in [2.05, 4.69) is 26.6 Å². The fraction of sp³-hybridized carbons (Fsp3) is 0.900. The van der Waals surface area contributed by atoms with Gasteiger partial charge in [-0.15, -0.1) is 0 Å². The Kier molecular flexibility index (Phi) is 5.39. The number of carbonyl (C=O) groups is 2. The number of carbonyl (C=O) groups excluding carboxylic acids is 2. The van der Waals surface area contributed by atoms with E-state index in [4.69, 9.17) is 23.7 Å². The van der Waals surface area contributed by atoms with E-state index >= 15 is 0 Å². The van der Waals surface area contributed by atoms with Gasteiger partial charge in [0.15, 0.2) is 0 Å². The van der Waals surface area contributed by atoms with Gasteiger partial charge in [-0.3, -0.25) is 4.79 Å². The van der Waals surface area contributed by atoms with Crippen LogP contribution in [0.15, 0.2) is 0 Å². The monoisotopic (exact) mass is 414 g/mol. The molecule has 8 heteroatoms. The van der Waals surface area contributed by atoms with Gasteiger partial charge in [-0.05, 0) is 46.5 Å². The van der Waals surface area contributed by atoms with Crippen LogP contribution < -0.4 is 0 Å². The molecular weight excluding hydrogens is 380 g/mol. The molecule has 0 aromatic carbocycles. The van der Waals surface area contributed by atoms with Gasteiger partial charge in [0.25, 0.3) is 0 Å². The van der Waals surface area contributed by atoms with Crippen molar-refractivity contribution >= 4 is 20.2 Å². The molecule has 0 unspecified atom stereocenters. The van der Waals surface area contributed by atoms with Crippen molar-refractivity contribution in [2.75, 3.05) is 6.61 Å². The molecule has 3 rings (SSSR count). The summed E-state index contributed by atoms with van der Waals surface area (Å²) in [7, 11) is -1.97. The molecule has 160 valence electrons. The molecule has 0 bridgehead atoms. The smallest absolute Gasteiger partial charge is 0.460 e. The standard InChI is InChI=1S/C20H34O7Si/c1-13(21)24-14-8-10-19(4)15(25-18(14,2)3)9-11-20(28(5,6)7)16(26-19)12-23-17(22)27-20/h14-16H,8-12H2,1-7H3/t14-,15-,16-,19+,20-/m1/s1. The summed E-state index contributed by atoms with van der Waals surface area (Å²) >= 11 is 0. The third-order valence-corrected chi connectivity index (χ3v) is 9.92. The first-order valence-corrected chi connectivity index (χ1v) is 13.7. The van der Waals surface area contributed by atoms with Crippen molar-refractivity contribution in [2.45, 2.75) is 108 Å². The summed E-state index contributed by atoms with van der Waals surface area (Å²) in [4.78, 5) is 23.6. The first-order chi connectivity index (χ1) is 12.8. The lowest BCUT2D eigenvalue weighted by Crippen LogP contribution is -2.67. The van der Waals surface area contributed by atoms with Crippen LogP contribution in [0.3, 0.4) is 0 Å². The second-order valence-electron chi connectivity index (χ2n) is 10.1. The number of esters is 1. The Balaban J connectivity index is 1.94. The summed E-state index contributed by atoms with van der Waals surface area (Å²) in [5, 5.41) is -0.639. The van der Waals surface area contributed by atoms with Crippen LogP contribution in [-0.2, 0) is 28.5 Å². The summed E-state index contributed by atoms with van der Waals surface area (Å²) in [6.07, 6.45) is 1.25. The van der Waals surface area contributed by atoms with Crippen molar-refractivity contribution < 1.29 is 33.3 Å². The van der Waals surface area contributed by atoms with Crippen molar-refractivity contribution in [2.24, 2.45) is 0 Å².